The summed E-state index contributed by atoms with van der Waals surface area (Å²) in [6.07, 6.45) is 43.5. The van der Waals surface area contributed by atoms with E-state index in [1.807, 2.05) is 149 Å². The predicted molar refractivity (Wildman–Crippen MR) is 524 cm³/mol. The molecular weight excluding hydrogens is 3730 g/mol. The quantitative estimate of drug-likeness (QED) is 0.0824. The molecule has 11 heterocycles. The van der Waals surface area contributed by atoms with E-state index in [1.54, 1.807) is 155 Å². The Balaban J connectivity index is -0.0000000239. The van der Waals surface area contributed by atoms with Gasteiger partial charge in [0, 0.05) is 217 Å². The first-order valence-electron chi connectivity index (χ1n) is 28.2. The maximum Gasteiger partial charge on any atom is 0.0919 e. The Kier molecular flexibility index (Phi) is 759. The summed E-state index contributed by atoms with van der Waals surface area (Å²) in [6.45, 7) is 85.3. The molecule has 11 rings (SSSR count). The maximum atomic E-state index is 7.75. The average molecular weight is 3820 g/mol. The Morgan fingerprint density at radius 1 is 0.226 bits per heavy atom. The number of nitrogens with one attached hydrogen (secondary N) is 5. The number of nitrogens with zero attached hydrogens (tertiary/aromatic N) is 13. The average Bonchev–Trinajstić information content (AvgIpc) is 1.39. The molecule has 0 aliphatic heterocycles. The van der Waals surface area contributed by atoms with Crippen LogP contribution in [0.3, 0.4) is 0 Å². The van der Waals surface area contributed by atoms with Crippen molar-refractivity contribution >= 4 is 289 Å². The molecule has 0 spiro atoms. The minimum atomic E-state index is -0.0417. The van der Waals surface area contributed by atoms with E-state index >= 15 is 0 Å². The van der Waals surface area contributed by atoms with Crippen LogP contribution >= 0.6 is 107 Å². The Hall–Kier alpha value is -8.64. The summed E-state index contributed by atoms with van der Waals surface area (Å²) in [5, 5.41) is 12.4. The number of hydrogen-bond acceptors (Lipinski definition) is 38. The van der Waals surface area contributed by atoms with Crippen LogP contribution in [0.4, 0.5) is 11.4 Å². The van der Waals surface area contributed by atoms with E-state index in [4.69, 9.17) is 120 Å². The van der Waals surface area contributed by atoms with E-state index in [1.165, 1.54) is 91.2 Å². The van der Waals surface area contributed by atoms with Crippen molar-refractivity contribution in [3.63, 3.8) is 0 Å². The molecule has 61 heteroatoms. The molecule has 0 saturated heterocycles. The van der Waals surface area contributed by atoms with Crippen molar-refractivity contribution in [2.75, 3.05) is 38.0 Å². The smallest absolute Gasteiger partial charge is 0.0919 e. The zero-order valence-corrected chi connectivity index (χ0v) is 106. The van der Waals surface area contributed by atoms with Crippen LogP contribution in [-0.2, 0) is 257 Å². The van der Waals surface area contributed by atoms with Crippen molar-refractivity contribution in [3.8, 4) is 0 Å². The van der Waals surface area contributed by atoms with Crippen LogP contribution in [0, 0.1) is 13.8 Å². The van der Waals surface area contributed by atoms with Crippen molar-refractivity contribution in [1.82, 2.24) is 80.2 Å². The number of aromatic nitrogens is 16. The number of pyridine rings is 6. The number of aryl methyl sites for hydroxylation is 2. The van der Waals surface area contributed by atoms with Gasteiger partial charge in [0.25, 0.3) is 0 Å². The third kappa shape index (κ3) is 428. The number of H-pyrrole nitrogens is 5. The second-order valence-corrected chi connectivity index (χ2v) is 37.0. The Bertz CT molecular complexity index is 2580. The number of halogens is 8. The Labute approximate surface area is 940 Å². The van der Waals surface area contributed by atoms with Crippen LogP contribution in [0.25, 0.3) is 0 Å². The zero-order valence-electron chi connectivity index (χ0n) is 71.7. The molecule has 137 heavy (non-hydrogen) atoms. The van der Waals surface area contributed by atoms with Crippen LogP contribution in [-0.4, -0.2) is 289 Å². The van der Waals surface area contributed by atoms with Crippen LogP contribution in [0.15, 0.2) is 252 Å². The van der Waals surface area contributed by atoms with Gasteiger partial charge in [-0.3, -0.25) is 210 Å². The molecule has 9 N–H and O–H groups in total. The normalized spacial score (nSPS) is 5.42. The van der Waals surface area contributed by atoms with Crippen LogP contribution in [0.5, 0.6) is 0 Å². The van der Waals surface area contributed by atoms with E-state index in [-0.39, 0.29) is 79.7 Å². The van der Waals surface area contributed by atoms with Gasteiger partial charge in [0.05, 0.1) is 19.0 Å². The largest absolute Gasteiger partial charge is 0.545 e. The number of anilines is 2. The molecule has 0 aliphatic carbocycles. The molecule has 0 atom stereocenters. The van der Waals surface area contributed by atoms with Crippen molar-refractivity contribution in [1.29, 1.82) is 0 Å². The molecule has 786 valence electrons. The van der Waals surface area contributed by atoms with Crippen LogP contribution in [0.1, 0.15) is 11.1 Å². The van der Waals surface area contributed by atoms with Crippen LogP contribution in [0.2, 0.25) is 0 Å². The molecular formula is C76H93Br8N18O27Re8-25. The number of hydrogen-bond donors (Lipinski definition) is 5. The minimum absolute atomic E-state index is 0. The second-order valence-electron chi connectivity index (χ2n) is 13.2. The monoisotopic (exact) mass is 3820 g/mol. The number of aromatic amines is 5. The summed E-state index contributed by atoms with van der Waals surface area (Å²) in [7, 11) is 8.04. The summed E-state index contributed by atoms with van der Waals surface area (Å²) < 4.78 is 0. The van der Waals surface area contributed by atoms with Gasteiger partial charge in [0.2, 0.25) is 0 Å². The second kappa shape index (κ2) is 435. The van der Waals surface area contributed by atoms with Crippen molar-refractivity contribution in [2.24, 2.45) is 0 Å². The van der Waals surface area contributed by atoms with Gasteiger partial charge < -0.3 is 156 Å². The molecule has 11 aromatic rings. The summed E-state index contributed by atoms with van der Waals surface area (Å²) in [5.41, 5.74) is 4.89. The van der Waals surface area contributed by atoms with Gasteiger partial charge in [-0.1, -0.05) is 12.1 Å². The molecule has 11 aromatic heterocycles. The fourth-order valence-corrected chi connectivity index (χ4v) is 3.84. The molecule has 0 bridgehead atoms. The molecule has 0 aromatic carbocycles. The van der Waals surface area contributed by atoms with Gasteiger partial charge in [-0.25, -0.2) is 15.0 Å². The Morgan fingerprint density at radius 3 is 0.423 bits per heavy atom. The molecule has 0 amide bonds. The SMILES string of the molecule is CN(C)c1ccncc1.CN(C)c1ccncc1.Cc1ccncc1.Cc1ccncc1.O.O.[Br][Re].[Br][Re].[Br][Re].[Br][Re].[Br][Re][Br].[Br][Re][Br].[CH-]=O.[CH-]=O.[CH-]=O.[CH-]=O.[CH-]=O.[CH-]=O.[CH-]=O.[CH-]=O.[CH-]=O.[CH-]=O.[CH-]=O.[CH-]=O.[CH-]=O.[CH-]=O.[CH-]=O.[CH-]=O.[CH-]=O.[CH-]=O.[CH-]=O.[CH-]=O.[CH-]=O.[CH-]=O.[CH-]=O.[CH-]=O.[CH-]=O.[Re].[Re].c1c[nH]cn1.c1c[nH]cn1.c1c[nH]cn1.c1ccncc1.c1ccncc1.c1cn[nH]c1.c1cn[nH]c1. The number of imidazole rings is 3. The molecule has 0 aliphatic rings. The van der Waals surface area contributed by atoms with Gasteiger partial charge in [0.15, 0.2) is 0 Å². The summed E-state index contributed by atoms with van der Waals surface area (Å²) in [5.74, 6) is 0. The zero-order chi connectivity index (χ0) is 113. The summed E-state index contributed by atoms with van der Waals surface area (Å²) in [6, 6.07) is 30.9. The molecule has 45 nitrogen and oxygen atoms in total. The van der Waals surface area contributed by atoms with Crippen molar-refractivity contribution in [2.45, 2.75) is 13.8 Å². The summed E-state index contributed by atoms with van der Waals surface area (Å²) in [4.78, 5) is 240. The van der Waals surface area contributed by atoms with Gasteiger partial charge in [-0.15, -0.1) is 0 Å². The van der Waals surface area contributed by atoms with Gasteiger partial charge in [-0.2, -0.15) is 10.2 Å². The predicted octanol–water partition coefficient (Wildman–Crippen LogP) is 7.53. The van der Waals surface area contributed by atoms with Gasteiger partial charge >= 0.3 is 204 Å². The molecule has 0 fully saturated rings. The molecule has 0 unspecified atom stereocenters. The number of rotatable bonds is 2. The third-order valence-corrected chi connectivity index (χ3v) is 7.21. The summed E-state index contributed by atoms with van der Waals surface area (Å²) >= 11 is 30.9. The fraction of sp³-hybridized carbons (Fsp3) is 0.0789. The first-order chi connectivity index (χ1) is 65.7. The maximum absolute atomic E-state index is 7.75. The topological polar surface area (TPSA) is 717 Å². The minimum Gasteiger partial charge on any atom is -0.545 e. The standard InChI is InChI=1S/2C7H10N2.2C6H7N.2C5H5N.5C3H4N2.25CHO.8BrH.2H2O.8Re/c2*1-9(2)7-3-5-8-6-4-7;2*1-6-2-4-7-5-3-6;2*1-2-4-6-5-3-1;3*1-2-5-3-4-1;2*1-2-4-5-3-1;25*1-2;;;;;;;;;;;;;;;;;;/h2*3-6H,1-2H3;2*2-5H,1H3;2*1-5H;5*1-3H,(H,4,5);25*1H;8*1H;2*1H2;;;;;;;;/q;;;;;;;;;;;25*-1;;;;;;;;;;;;;4*+1;2*+2/p-8. The third-order valence-electron chi connectivity index (χ3n) is 7.21. The van der Waals surface area contributed by atoms with E-state index in [0.29, 0.717) is 0 Å². The molecule has 0 saturated carbocycles. The molecule has 2 radical (unpaired) electrons. The van der Waals surface area contributed by atoms with E-state index in [2.05, 4.69) is 357 Å². The van der Waals surface area contributed by atoms with Gasteiger partial charge in [0.1, 0.15) is 0 Å². The first-order valence-corrected chi connectivity index (χ1v) is 75.6. The van der Waals surface area contributed by atoms with E-state index < -0.39 is 0 Å². The number of carbonyl (C=O) groups excluding carboxylic acids is 25. The first kappa shape index (κ1) is 239. The van der Waals surface area contributed by atoms with Crippen LogP contribution < -0.4 is 9.80 Å². The van der Waals surface area contributed by atoms with Crippen molar-refractivity contribution in [3.05, 3.63) is 264 Å². The Morgan fingerprint density at radius 2 is 0.372 bits per heavy atom. The van der Waals surface area contributed by atoms with E-state index in [0.717, 1.165) is 0 Å². The van der Waals surface area contributed by atoms with Gasteiger partial charge in [-0.05, 0) is 110 Å². The fourth-order valence-electron chi connectivity index (χ4n) is 3.84. The van der Waals surface area contributed by atoms with E-state index in [9.17, 15) is 0 Å². The van der Waals surface area contributed by atoms with Crippen molar-refractivity contribution < 1.29 is 268 Å².